The first-order valence-corrected chi connectivity index (χ1v) is 6.59. The molecule has 0 aliphatic carbocycles. The molecule has 1 unspecified atom stereocenters. The number of hydrogen-bond donors (Lipinski definition) is 4. The van der Waals surface area contributed by atoms with Crippen molar-refractivity contribution >= 4 is 25.4 Å². The largest absolute Gasteiger partial charge is 0.481 e. The molecule has 1 atom stereocenters. The molecular weight excluding hydrogens is 269 g/mol. The molecule has 0 aromatic carbocycles. The number of carbonyl (C=O) groups is 3. The summed E-state index contributed by atoms with van der Waals surface area (Å²) in [4.78, 5) is 50.3. The van der Waals surface area contributed by atoms with Crippen molar-refractivity contribution in [1.82, 2.24) is 4.90 Å². The third kappa shape index (κ3) is 7.00. The normalized spacial score (nSPS) is 12.8. The number of rotatable bonds is 7. The van der Waals surface area contributed by atoms with Crippen molar-refractivity contribution in [3.63, 3.8) is 0 Å². The molecule has 0 aliphatic heterocycles. The Bertz CT molecular complexity index is 389. The summed E-state index contributed by atoms with van der Waals surface area (Å²) in [6, 6.07) is 0. The summed E-state index contributed by atoms with van der Waals surface area (Å²) in [6.45, 7) is 0.340. The van der Waals surface area contributed by atoms with Crippen molar-refractivity contribution in [1.29, 1.82) is 0 Å². The lowest BCUT2D eigenvalue weighted by Gasteiger charge is -2.21. The van der Waals surface area contributed by atoms with Gasteiger partial charge in [-0.25, -0.2) is 0 Å². The van der Waals surface area contributed by atoms with Crippen LogP contribution in [0.3, 0.4) is 0 Å². The predicted octanol–water partition coefficient (Wildman–Crippen LogP) is -0.854. The number of hydrogen-bond acceptors (Lipinski definition) is 4. The molecule has 0 bridgehead atoms. The zero-order valence-corrected chi connectivity index (χ0v) is 10.4. The highest BCUT2D eigenvalue weighted by Crippen LogP contribution is 2.35. The third-order valence-corrected chi connectivity index (χ3v) is 2.65. The first-order chi connectivity index (χ1) is 8.03. The van der Waals surface area contributed by atoms with Crippen LogP contribution < -0.4 is 0 Å². The Morgan fingerprint density at radius 1 is 1.22 bits per heavy atom. The lowest BCUT2D eigenvalue weighted by atomic mass is 10.1. The van der Waals surface area contributed by atoms with Gasteiger partial charge in [0.05, 0.1) is 5.92 Å². The maximum Gasteiger partial charge on any atom is 0.344 e. The standard InChI is InChI=1S/C8H14NO8P/c1-5(8(13)14)2-6(10)9(3-7(11)12)4-18(15,16)17/h5H,2-4H2,1H3,(H,11,12)(H,13,14)(H2,15,16,17). The number of carboxylic acid groups (broad SMARTS) is 2. The van der Waals surface area contributed by atoms with Crippen LogP contribution in [0.5, 0.6) is 0 Å². The Labute approximate surface area is 102 Å². The number of carbonyl (C=O) groups excluding carboxylic acids is 1. The Balaban J connectivity index is 4.75. The van der Waals surface area contributed by atoms with E-state index in [4.69, 9.17) is 20.0 Å². The Morgan fingerprint density at radius 3 is 2.06 bits per heavy atom. The Hall–Kier alpha value is -1.44. The first kappa shape index (κ1) is 16.6. The molecule has 0 aromatic heterocycles. The predicted molar refractivity (Wildman–Crippen MR) is 57.7 cm³/mol. The molecule has 18 heavy (non-hydrogen) atoms. The molecule has 0 aliphatic rings. The van der Waals surface area contributed by atoms with Gasteiger partial charge in [-0.2, -0.15) is 0 Å². The van der Waals surface area contributed by atoms with Gasteiger partial charge in [0.2, 0.25) is 5.91 Å². The highest BCUT2D eigenvalue weighted by Gasteiger charge is 2.27. The van der Waals surface area contributed by atoms with Gasteiger partial charge in [-0.3, -0.25) is 18.9 Å². The quantitative estimate of drug-likeness (QED) is 0.440. The summed E-state index contributed by atoms with van der Waals surface area (Å²) >= 11 is 0. The highest BCUT2D eigenvalue weighted by molar-refractivity contribution is 7.51. The first-order valence-electron chi connectivity index (χ1n) is 4.80. The van der Waals surface area contributed by atoms with Crippen molar-refractivity contribution in [2.75, 3.05) is 12.8 Å². The smallest absolute Gasteiger partial charge is 0.344 e. The van der Waals surface area contributed by atoms with E-state index in [1.54, 1.807) is 0 Å². The van der Waals surface area contributed by atoms with Crippen LogP contribution in [0, 0.1) is 5.92 Å². The molecule has 0 saturated heterocycles. The van der Waals surface area contributed by atoms with Crippen LogP contribution in [0.1, 0.15) is 13.3 Å². The van der Waals surface area contributed by atoms with Crippen molar-refractivity contribution in [2.24, 2.45) is 5.92 Å². The summed E-state index contributed by atoms with van der Waals surface area (Å²) in [6.07, 6.45) is -1.58. The van der Waals surface area contributed by atoms with Gasteiger partial charge in [0.15, 0.2) is 0 Å². The van der Waals surface area contributed by atoms with E-state index in [-0.39, 0.29) is 0 Å². The molecular formula is C8H14NO8P. The van der Waals surface area contributed by atoms with E-state index in [0.29, 0.717) is 4.90 Å². The van der Waals surface area contributed by atoms with E-state index in [1.165, 1.54) is 6.92 Å². The van der Waals surface area contributed by atoms with Crippen LogP contribution in [0.15, 0.2) is 0 Å². The minimum Gasteiger partial charge on any atom is -0.481 e. The fraction of sp³-hybridized carbons (Fsp3) is 0.625. The van der Waals surface area contributed by atoms with Gasteiger partial charge in [-0.1, -0.05) is 6.92 Å². The molecule has 0 heterocycles. The molecule has 0 aromatic rings. The molecule has 0 saturated carbocycles. The van der Waals surface area contributed by atoms with E-state index in [0.717, 1.165) is 0 Å². The molecule has 4 N–H and O–H groups in total. The van der Waals surface area contributed by atoms with Crippen molar-refractivity contribution in [2.45, 2.75) is 13.3 Å². The van der Waals surface area contributed by atoms with Crippen LogP contribution >= 0.6 is 7.60 Å². The van der Waals surface area contributed by atoms with E-state index in [1.807, 2.05) is 0 Å². The lowest BCUT2D eigenvalue weighted by Crippen LogP contribution is -2.37. The van der Waals surface area contributed by atoms with Gasteiger partial charge < -0.3 is 24.9 Å². The van der Waals surface area contributed by atoms with Crippen LogP contribution in [-0.2, 0) is 18.9 Å². The fourth-order valence-corrected chi connectivity index (χ4v) is 1.78. The molecule has 0 radical (unpaired) electrons. The highest BCUT2D eigenvalue weighted by atomic mass is 31.2. The van der Waals surface area contributed by atoms with Gasteiger partial charge in [0.1, 0.15) is 12.8 Å². The molecule has 10 heteroatoms. The van der Waals surface area contributed by atoms with Gasteiger partial charge in [-0.05, 0) is 0 Å². The zero-order valence-electron chi connectivity index (χ0n) is 9.51. The Kier molecular flexibility index (Phi) is 5.96. The number of nitrogens with zero attached hydrogens (tertiary/aromatic N) is 1. The van der Waals surface area contributed by atoms with Crippen molar-refractivity contribution < 1.29 is 38.9 Å². The second-order valence-electron chi connectivity index (χ2n) is 3.73. The molecule has 0 rings (SSSR count). The molecule has 9 nitrogen and oxygen atoms in total. The minimum absolute atomic E-state index is 0.433. The fourth-order valence-electron chi connectivity index (χ4n) is 1.08. The third-order valence-electron chi connectivity index (χ3n) is 1.94. The van der Waals surface area contributed by atoms with E-state index in [2.05, 4.69) is 0 Å². The summed E-state index contributed by atoms with van der Waals surface area (Å²) in [7, 11) is -4.60. The van der Waals surface area contributed by atoms with E-state index >= 15 is 0 Å². The second-order valence-corrected chi connectivity index (χ2v) is 5.35. The number of amides is 1. The average molecular weight is 283 g/mol. The Morgan fingerprint density at radius 2 is 1.72 bits per heavy atom. The second kappa shape index (κ2) is 6.48. The molecule has 0 fully saturated rings. The van der Waals surface area contributed by atoms with Crippen LogP contribution in [-0.4, -0.2) is 55.6 Å². The van der Waals surface area contributed by atoms with E-state index in [9.17, 15) is 18.9 Å². The van der Waals surface area contributed by atoms with Gasteiger partial charge in [0.25, 0.3) is 0 Å². The average Bonchev–Trinajstić information content (AvgIpc) is 2.13. The van der Waals surface area contributed by atoms with Crippen LogP contribution in [0.25, 0.3) is 0 Å². The summed E-state index contributed by atoms with van der Waals surface area (Å²) < 4.78 is 10.7. The zero-order chi connectivity index (χ0) is 14.5. The molecule has 0 spiro atoms. The number of aliphatic carboxylic acids is 2. The van der Waals surface area contributed by atoms with Gasteiger partial charge in [0, 0.05) is 6.42 Å². The maximum atomic E-state index is 11.5. The van der Waals surface area contributed by atoms with Gasteiger partial charge in [-0.15, -0.1) is 0 Å². The molecule has 1 amide bonds. The van der Waals surface area contributed by atoms with E-state index < -0.39 is 50.6 Å². The molecule has 104 valence electrons. The van der Waals surface area contributed by atoms with Crippen LogP contribution in [0.2, 0.25) is 0 Å². The maximum absolute atomic E-state index is 11.5. The summed E-state index contributed by atoms with van der Waals surface area (Å²) in [5.74, 6) is -4.70. The van der Waals surface area contributed by atoms with Crippen molar-refractivity contribution in [3.05, 3.63) is 0 Å². The van der Waals surface area contributed by atoms with Crippen LogP contribution in [0.4, 0.5) is 0 Å². The van der Waals surface area contributed by atoms with Crippen molar-refractivity contribution in [3.8, 4) is 0 Å². The minimum atomic E-state index is -4.60. The topological polar surface area (TPSA) is 152 Å². The lowest BCUT2D eigenvalue weighted by molar-refractivity contribution is -0.147. The summed E-state index contributed by atoms with van der Waals surface area (Å²) in [5.41, 5.74) is 0. The monoisotopic (exact) mass is 283 g/mol. The number of carboxylic acids is 2. The van der Waals surface area contributed by atoms with Gasteiger partial charge >= 0.3 is 19.5 Å². The summed E-state index contributed by atoms with van der Waals surface area (Å²) in [5, 5.41) is 17.1. The SMILES string of the molecule is CC(CC(=O)N(CC(=O)O)CP(=O)(O)O)C(=O)O.